The predicted molar refractivity (Wildman–Crippen MR) is 58.2 cm³/mol. The Labute approximate surface area is 94.2 Å². The molecule has 0 heterocycles. The molecule has 0 aliphatic carbocycles. The van der Waals surface area contributed by atoms with Gasteiger partial charge in [0.1, 0.15) is 5.75 Å². The number of para-hydroxylation sites is 1. The minimum absolute atomic E-state index is 0.293. The van der Waals surface area contributed by atoms with Crippen LogP contribution in [-0.2, 0) is 14.3 Å². The molecule has 0 radical (unpaired) electrons. The third-order valence-corrected chi connectivity index (χ3v) is 1.81. The van der Waals surface area contributed by atoms with Gasteiger partial charge in [-0.3, -0.25) is 4.79 Å². The van der Waals surface area contributed by atoms with Gasteiger partial charge in [-0.25, -0.2) is 4.79 Å². The lowest BCUT2D eigenvalue weighted by Gasteiger charge is -2.12. The van der Waals surface area contributed by atoms with E-state index in [1.54, 1.807) is 24.3 Å². The highest BCUT2D eigenvalue weighted by molar-refractivity contribution is 5.91. The molecule has 0 saturated carbocycles. The Bertz CT molecular complexity index is 334. The van der Waals surface area contributed by atoms with E-state index in [4.69, 9.17) is 9.47 Å². The predicted octanol–water partition coefficient (Wildman–Crippen LogP) is 1.59. The summed E-state index contributed by atoms with van der Waals surface area (Å²) in [5, 5.41) is 0. The van der Waals surface area contributed by atoms with Crippen LogP contribution in [0.4, 0.5) is 0 Å². The molecule has 0 bridgehead atoms. The standard InChI is InChI=1S/C12H14O4/c1-2-8-15-12(14)11(9-13)16-10-6-4-3-5-7-10/h3-7,9,11H,2,8H2,1H3. The molecule has 0 aliphatic rings. The van der Waals surface area contributed by atoms with Crippen molar-refractivity contribution in [2.24, 2.45) is 0 Å². The van der Waals surface area contributed by atoms with Gasteiger partial charge in [0.25, 0.3) is 0 Å². The molecule has 1 aromatic carbocycles. The Morgan fingerprint density at radius 2 is 2.06 bits per heavy atom. The first-order valence-electron chi connectivity index (χ1n) is 5.11. The molecular weight excluding hydrogens is 208 g/mol. The second kappa shape index (κ2) is 6.61. The number of carbonyl (C=O) groups excluding carboxylic acids is 2. The largest absolute Gasteiger partial charge is 0.471 e. The van der Waals surface area contributed by atoms with Crippen LogP contribution in [0.2, 0.25) is 0 Å². The van der Waals surface area contributed by atoms with Crippen LogP contribution in [0.1, 0.15) is 13.3 Å². The topological polar surface area (TPSA) is 52.6 Å². The van der Waals surface area contributed by atoms with Crippen molar-refractivity contribution < 1.29 is 19.1 Å². The quantitative estimate of drug-likeness (QED) is 0.416. The summed E-state index contributed by atoms with van der Waals surface area (Å²) < 4.78 is 10.0. The number of esters is 1. The van der Waals surface area contributed by atoms with Gasteiger partial charge >= 0.3 is 5.97 Å². The van der Waals surface area contributed by atoms with Crippen molar-refractivity contribution in [1.29, 1.82) is 0 Å². The van der Waals surface area contributed by atoms with Crippen molar-refractivity contribution in [2.45, 2.75) is 19.4 Å². The minimum Gasteiger partial charge on any atom is -0.471 e. The van der Waals surface area contributed by atoms with Gasteiger partial charge in [-0.15, -0.1) is 0 Å². The second-order valence-electron chi connectivity index (χ2n) is 3.16. The molecule has 1 aromatic rings. The van der Waals surface area contributed by atoms with Crippen molar-refractivity contribution in [3.8, 4) is 5.75 Å². The number of ether oxygens (including phenoxy) is 2. The molecule has 86 valence electrons. The van der Waals surface area contributed by atoms with Crippen LogP contribution in [0.3, 0.4) is 0 Å². The third kappa shape index (κ3) is 3.73. The number of benzene rings is 1. The molecule has 1 unspecified atom stereocenters. The zero-order valence-electron chi connectivity index (χ0n) is 9.09. The van der Waals surface area contributed by atoms with Crippen molar-refractivity contribution in [3.63, 3.8) is 0 Å². The summed E-state index contributed by atoms with van der Waals surface area (Å²) in [6.07, 6.45) is -0.0397. The highest BCUT2D eigenvalue weighted by atomic mass is 16.6. The van der Waals surface area contributed by atoms with Crippen molar-refractivity contribution in [2.75, 3.05) is 6.61 Å². The number of rotatable bonds is 6. The van der Waals surface area contributed by atoms with Gasteiger partial charge in [-0.05, 0) is 18.6 Å². The van der Waals surface area contributed by atoms with Crippen LogP contribution in [0.25, 0.3) is 0 Å². The summed E-state index contributed by atoms with van der Waals surface area (Å²) in [6, 6.07) is 8.68. The number of carbonyl (C=O) groups is 2. The van der Waals surface area contributed by atoms with Gasteiger partial charge in [-0.1, -0.05) is 25.1 Å². The fourth-order valence-corrected chi connectivity index (χ4v) is 1.06. The smallest absolute Gasteiger partial charge is 0.354 e. The van der Waals surface area contributed by atoms with Gasteiger partial charge < -0.3 is 9.47 Å². The molecule has 0 amide bonds. The highest BCUT2D eigenvalue weighted by Gasteiger charge is 2.20. The first kappa shape index (κ1) is 12.2. The SMILES string of the molecule is CCCOC(=O)C(C=O)Oc1ccccc1. The lowest BCUT2D eigenvalue weighted by molar-refractivity contribution is -0.153. The maximum atomic E-state index is 11.4. The van der Waals surface area contributed by atoms with E-state index in [0.717, 1.165) is 0 Å². The third-order valence-electron chi connectivity index (χ3n) is 1.81. The Morgan fingerprint density at radius 3 is 2.62 bits per heavy atom. The van der Waals surface area contributed by atoms with Crippen molar-refractivity contribution in [1.82, 2.24) is 0 Å². The normalized spacial score (nSPS) is 11.6. The number of hydrogen-bond acceptors (Lipinski definition) is 4. The van der Waals surface area contributed by atoms with Crippen LogP contribution >= 0.6 is 0 Å². The van der Waals surface area contributed by atoms with Gasteiger partial charge in [0.15, 0.2) is 6.29 Å². The molecule has 0 saturated heterocycles. The molecule has 16 heavy (non-hydrogen) atoms. The van der Waals surface area contributed by atoms with E-state index >= 15 is 0 Å². The Balaban J connectivity index is 2.55. The molecule has 1 atom stereocenters. The van der Waals surface area contributed by atoms with Crippen LogP contribution in [0.5, 0.6) is 5.75 Å². The van der Waals surface area contributed by atoms with Crippen molar-refractivity contribution in [3.05, 3.63) is 30.3 Å². The van der Waals surface area contributed by atoms with E-state index in [-0.39, 0.29) is 0 Å². The van der Waals surface area contributed by atoms with E-state index in [1.807, 2.05) is 13.0 Å². The summed E-state index contributed by atoms with van der Waals surface area (Å²) in [5.41, 5.74) is 0. The van der Waals surface area contributed by atoms with E-state index in [2.05, 4.69) is 0 Å². The van der Waals surface area contributed by atoms with Crippen molar-refractivity contribution >= 4 is 12.3 Å². The van der Waals surface area contributed by atoms with Gasteiger partial charge in [-0.2, -0.15) is 0 Å². The Hall–Kier alpha value is -1.84. The maximum Gasteiger partial charge on any atom is 0.354 e. The highest BCUT2D eigenvalue weighted by Crippen LogP contribution is 2.10. The summed E-state index contributed by atoms with van der Waals surface area (Å²) in [6.45, 7) is 2.17. The molecule has 0 aliphatic heterocycles. The summed E-state index contributed by atoms with van der Waals surface area (Å²) >= 11 is 0. The van der Waals surface area contributed by atoms with Gasteiger partial charge in [0.05, 0.1) is 6.61 Å². The van der Waals surface area contributed by atoms with Crippen LogP contribution in [-0.4, -0.2) is 25.0 Å². The zero-order valence-corrected chi connectivity index (χ0v) is 9.09. The lowest BCUT2D eigenvalue weighted by atomic mass is 10.3. The Kier molecular flexibility index (Phi) is 5.05. The van der Waals surface area contributed by atoms with E-state index in [9.17, 15) is 9.59 Å². The van der Waals surface area contributed by atoms with Crippen LogP contribution in [0, 0.1) is 0 Å². The lowest BCUT2D eigenvalue weighted by Crippen LogP contribution is -2.31. The first-order valence-corrected chi connectivity index (χ1v) is 5.11. The van der Waals surface area contributed by atoms with Crippen LogP contribution in [0.15, 0.2) is 30.3 Å². The number of hydrogen-bond donors (Lipinski definition) is 0. The maximum absolute atomic E-state index is 11.4. The first-order chi connectivity index (χ1) is 7.77. The molecule has 4 nitrogen and oxygen atoms in total. The summed E-state index contributed by atoms with van der Waals surface area (Å²) in [5.74, 6) is -0.186. The fraction of sp³-hybridized carbons (Fsp3) is 0.333. The summed E-state index contributed by atoms with van der Waals surface area (Å²) in [7, 11) is 0. The van der Waals surface area contributed by atoms with E-state index < -0.39 is 12.1 Å². The van der Waals surface area contributed by atoms with Gasteiger partial charge in [0.2, 0.25) is 6.10 Å². The second-order valence-corrected chi connectivity index (χ2v) is 3.16. The molecule has 4 heteroatoms. The van der Waals surface area contributed by atoms with E-state index in [1.165, 1.54) is 0 Å². The minimum atomic E-state index is -1.19. The monoisotopic (exact) mass is 222 g/mol. The Morgan fingerprint density at radius 1 is 1.38 bits per heavy atom. The molecule has 0 spiro atoms. The average molecular weight is 222 g/mol. The zero-order chi connectivity index (χ0) is 11.8. The van der Waals surface area contributed by atoms with Gasteiger partial charge in [0, 0.05) is 0 Å². The molecule has 0 aromatic heterocycles. The molecule has 0 fully saturated rings. The summed E-state index contributed by atoms with van der Waals surface area (Å²) in [4.78, 5) is 22.0. The van der Waals surface area contributed by atoms with Crippen LogP contribution < -0.4 is 4.74 Å². The fourth-order valence-electron chi connectivity index (χ4n) is 1.06. The molecular formula is C12H14O4. The van der Waals surface area contributed by atoms with E-state index in [0.29, 0.717) is 25.1 Å². The number of aldehydes is 1. The molecule has 1 rings (SSSR count). The average Bonchev–Trinajstić information content (AvgIpc) is 2.34. The molecule has 0 N–H and O–H groups in total.